The molecular weight excluding hydrogens is 270 g/mol. The SMILES string of the molecule is CCN(CC(C)(C)CN)C(=O)c1ccc([N+](=O)[O-])cc1C. The Hall–Kier alpha value is -1.95. The molecule has 0 bridgehead atoms. The van der Waals surface area contributed by atoms with Gasteiger partial charge in [0.15, 0.2) is 0 Å². The van der Waals surface area contributed by atoms with Crippen LogP contribution >= 0.6 is 0 Å². The van der Waals surface area contributed by atoms with Gasteiger partial charge >= 0.3 is 0 Å². The van der Waals surface area contributed by atoms with Crippen molar-refractivity contribution in [2.45, 2.75) is 27.7 Å². The number of carbonyl (C=O) groups is 1. The Morgan fingerprint density at radius 2 is 2.05 bits per heavy atom. The second-order valence-electron chi connectivity index (χ2n) is 5.94. The average Bonchev–Trinajstić information content (AvgIpc) is 2.43. The molecule has 6 heteroatoms. The van der Waals surface area contributed by atoms with E-state index in [-0.39, 0.29) is 17.0 Å². The number of hydrogen-bond acceptors (Lipinski definition) is 4. The summed E-state index contributed by atoms with van der Waals surface area (Å²) in [5.74, 6) is -0.119. The molecule has 1 aromatic rings. The minimum atomic E-state index is -0.462. The Bertz CT molecular complexity index is 541. The van der Waals surface area contributed by atoms with Gasteiger partial charge in [0, 0.05) is 30.8 Å². The lowest BCUT2D eigenvalue weighted by atomic mass is 9.92. The van der Waals surface area contributed by atoms with Crippen molar-refractivity contribution >= 4 is 11.6 Å². The van der Waals surface area contributed by atoms with Gasteiger partial charge in [-0.1, -0.05) is 13.8 Å². The number of amides is 1. The Morgan fingerprint density at radius 3 is 2.48 bits per heavy atom. The van der Waals surface area contributed by atoms with E-state index in [1.54, 1.807) is 11.8 Å². The van der Waals surface area contributed by atoms with Crippen molar-refractivity contribution in [2.24, 2.45) is 11.1 Å². The topological polar surface area (TPSA) is 89.5 Å². The zero-order chi connectivity index (χ0) is 16.2. The molecule has 1 amide bonds. The van der Waals surface area contributed by atoms with E-state index in [0.717, 1.165) is 0 Å². The number of benzene rings is 1. The fraction of sp³-hybridized carbons (Fsp3) is 0.533. The van der Waals surface area contributed by atoms with Gasteiger partial charge in [-0.25, -0.2) is 0 Å². The van der Waals surface area contributed by atoms with Gasteiger partial charge in [-0.3, -0.25) is 14.9 Å². The summed E-state index contributed by atoms with van der Waals surface area (Å²) in [4.78, 5) is 24.6. The Morgan fingerprint density at radius 1 is 1.43 bits per heavy atom. The lowest BCUT2D eigenvalue weighted by molar-refractivity contribution is -0.384. The Balaban J connectivity index is 3.03. The predicted octanol–water partition coefficient (Wildman–Crippen LogP) is 2.35. The van der Waals surface area contributed by atoms with Crippen LogP contribution < -0.4 is 5.73 Å². The monoisotopic (exact) mass is 293 g/mol. The molecule has 0 aliphatic rings. The third-order valence-corrected chi connectivity index (χ3v) is 3.49. The largest absolute Gasteiger partial charge is 0.338 e. The first-order valence-electron chi connectivity index (χ1n) is 6.96. The number of non-ortho nitro benzene ring substituents is 1. The summed E-state index contributed by atoms with van der Waals surface area (Å²) in [7, 11) is 0. The predicted molar refractivity (Wildman–Crippen MR) is 82.2 cm³/mol. The summed E-state index contributed by atoms with van der Waals surface area (Å²) in [6.45, 7) is 9.23. The molecule has 0 fully saturated rings. The molecule has 0 aromatic heterocycles. The fourth-order valence-corrected chi connectivity index (χ4v) is 2.08. The number of hydrogen-bond donors (Lipinski definition) is 1. The number of carbonyl (C=O) groups excluding carboxylic acids is 1. The van der Waals surface area contributed by atoms with Crippen molar-refractivity contribution in [3.8, 4) is 0 Å². The molecular formula is C15H23N3O3. The zero-order valence-corrected chi connectivity index (χ0v) is 13.0. The van der Waals surface area contributed by atoms with Gasteiger partial charge in [0.25, 0.3) is 11.6 Å². The molecule has 0 unspecified atom stereocenters. The second-order valence-corrected chi connectivity index (χ2v) is 5.94. The maximum absolute atomic E-state index is 12.6. The van der Waals surface area contributed by atoms with Crippen molar-refractivity contribution in [2.75, 3.05) is 19.6 Å². The number of aryl methyl sites for hydroxylation is 1. The van der Waals surface area contributed by atoms with E-state index in [4.69, 9.17) is 5.73 Å². The molecule has 0 heterocycles. The molecule has 0 aliphatic carbocycles. The first-order chi connectivity index (χ1) is 9.71. The number of nitro groups is 1. The average molecular weight is 293 g/mol. The molecule has 21 heavy (non-hydrogen) atoms. The third-order valence-electron chi connectivity index (χ3n) is 3.49. The number of nitro benzene ring substituents is 1. The lowest BCUT2D eigenvalue weighted by Gasteiger charge is -2.31. The van der Waals surface area contributed by atoms with Crippen LogP contribution in [-0.4, -0.2) is 35.4 Å². The lowest BCUT2D eigenvalue weighted by Crippen LogP contribution is -2.42. The summed E-state index contributed by atoms with van der Waals surface area (Å²) in [5, 5.41) is 10.7. The van der Waals surface area contributed by atoms with Gasteiger partial charge in [0.2, 0.25) is 0 Å². The van der Waals surface area contributed by atoms with Crippen LogP contribution in [0.2, 0.25) is 0 Å². The van der Waals surface area contributed by atoms with E-state index in [1.807, 2.05) is 20.8 Å². The molecule has 1 rings (SSSR count). The standard InChI is InChI=1S/C15H23N3O3/c1-5-17(10-15(3,4)9-16)14(19)13-7-6-12(18(20)21)8-11(13)2/h6-8H,5,9-10,16H2,1-4H3. The maximum Gasteiger partial charge on any atom is 0.269 e. The zero-order valence-electron chi connectivity index (χ0n) is 13.0. The number of nitrogens with zero attached hydrogens (tertiary/aromatic N) is 2. The van der Waals surface area contributed by atoms with Crippen LogP contribution in [0.5, 0.6) is 0 Å². The van der Waals surface area contributed by atoms with E-state index in [0.29, 0.717) is 30.8 Å². The maximum atomic E-state index is 12.6. The van der Waals surface area contributed by atoms with E-state index in [2.05, 4.69) is 0 Å². The van der Waals surface area contributed by atoms with Crippen molar-refractivity contribution in [1.29, 1.82) is 0 Å². The summed E-state index contributed by atoms with van der Waals surface area (Å²) in [6, 6.07) is 4.31. The molecule has 0 spiro atoms. The Labute approximate surface area is 125 Å². The van der Waals surface area contributed by atoms with Crippen LogP contribution in [0.25, 0.3) is 0 Å². The third kappa shape index (κ3) is 4.26. The van der Waals surface area contributed by atoms with Crippen LogP contribution in [0, 0.1) is 22.5 Å². The summed E-state index contributed by atoms with van der Waals surface area (Å²) in [6.07, 6.45) is 0. The van der Waals surface area contributed by atoms with E-state index >= 15 is 0 Å². The molecule has 1 aromatic carbocycles. The van der Waals surface area contributed by atoms with Gasteiger partial charge in [-0.05, 0) is 37.4 Å². The van der Waals surface area contributed by atoms with E-state index in [1.165, 1.54) is 18.2 Å². The summed E-state index contributed by atoms with van der Waals surface area (Å²) >= 11 is 0. The highest BCUT2D eigenvalue weighted by Gasteiger charge is 2.24. The van der Waals surface area contributed by atoms with Crippen molar-refractivity contribution < 1.29 is 9.72 Å². The van der Waals surface area contributed by atoms with Gasteiger partial charge in [-0.2, -0.15) is 0 Å². The smallest absolute Gasteiger partial charge is 0.269 e. The molecule has 0 atom stereocenters. The van der Waals surface area contributed by atoms with Crippen LogP contribution in [0.4, 0.5) is 5.69 Å². The Kier molecular flexibility index (Phi) is 5.43. The summed E-state index contributed by atoms with van der Waals surface area (Å²) in [5.41, 5.74) is 6.65. The molecule has 6 nitrogen and oxygen atoms in total. The highest BCUT2D eigenvalue weighted by atomic mass is 16.6. The first-order valence-corrected chi connectivity index (χ1v) is 6.96. The fourth-order valence-electron chi connectivity index (χ4n) is 2.08. The van der Waals surface area contributed by atoms with E-state index in [9.17, 15) is 14.9 Å². The van der Waals surface area contributed by atoms with Gasteiger partial charge in [0.05, 0.1) is 4.92 Å². The van der Waals surface area contributed by atoms with Crippen LogP contribution in [-0.2, 0) is 0 Å². The van der Waals surface area contributed by atoms with Crippen LogP contribution in [0.15, 0.2) is 18.2 Å². The minimum absolute atomic E-state index is 0.00520. The van der Waals surface area contributed by atoms with Crippen molar-refractivity contribution in [3.63, 3.8) is 0 Å². The van der Waals surface area contributed by atoms with E-state index < -0.39 is 4.92 Å². The minimum Gasteiger partial charge on any atom is -0.338 e. The number of rotatable bonds is 6. The van der Waals surface area contributed by atoms with Gasteiger partial charge in [0.1, 0.15) is 0 Å². The molecule has 0 aliphatic heterocycles. The van der Waals surface area contributed by atoms with Crippen molar-refractivity contribution in [3.05, 3.63) is 39.4 Å². The molecule has 0 saturated carbocycles. The molecule has 0 saturated heterocycles. The van der Waals surface area contributed by atoms with Gasteiger partial charge in [-0.15, -0.1) is 0 Å². The highest BCUT2D eigenvalue weighted by molar-refractivity contribution is 5.96. The summed E-state index contributed by atoms with van der Waals surface area (Å²) < 4.78 is 0. The molecule has 2 N–H and O–H groups in total. The van der Waals surface area contributed by atoms with Crippen LogP contribution in [0.1, 0.15) is 36.7 Å². The normalized spacial score (nSPS) is 11.3. The number of nitrogens with two attached hydrogens (primary N) is 1. The first kappa shape index (κ1) is 17.1. The molecule has 0 radical (unpaired) electrons. The molecule has 116 valence electrons. The highest BCUT2D eigenvalue weighted by Crippen LogP contribution is 2.21. The quantitative estimate of drug-likeness (QED) is 0.644. The van der Waals surface area contributed by atoms with Crippen LogP contribution in [0.3, 0.4) is 0 Å². The van der Waals surface area contributed by atoms with Crippen molar-refractivity contribution in [1.82, 2.24) is 4.90 Å². The van der Waals surface area contributed by atoms with Gasteiger partial charge < -0.3 is 10.6 Å². The second kappa shape index (κ2) is 6.67.